The van der Waals surface area contributed by atoms with Gasteiger partial charge in [0.1, 0.15) is 8.80 Å². The van der Waals surface area contributed by atoms with Crippen LogP contribution in [0.25, 0.3) is 0 Å². The molecule has 3 rings (SSSR count). The van der Waals surface area contributed by atoms with Gasteiger partial charge in [-0.3, -0.25) is 0 Å². The first kappa shape index (κ1) is 24.7. The highest BCUT2D eigenvalue weighted by atomic mass is 32.2. The van der Waals surface area contributed by atoms with Gasteiger partial charge in [0.25, 0.3) is 0 Å². The van der Waals surface area contributed by atoms with Crippen LogP contribution in [0.5, 0.6) is 5.75 Å². The highest BCUT2D eigenvalue weighted by molar-refractivity contribution is 7.89. The Balaban J connectivity index is 1.64. The van der Waals surface area contributed by atoms with Gasteiger partial charge in [-0.05, 0) is 42.6 Å². The highest BCUT2D eigenvalue weighted by Gasteiger charge is 2.30. The minimum atomic E-state index is -3.77. The minimum absolute atomic E-state index is 0.0901. The van der Waals surface area contributed by atoms with Crippen molar-refractivity contribution in [2.45, 2.75) is 43.0 Å². The molecule has 2 aromatic rings. The molecule has 0 spiro atoms. The van der Waals surface area contributed by atoms with Crippen molar-refractivity contribution in [2.24, 2.45) is 0 Å². The Labute approximate surface area is 192 Å². The average molecular weight is 495 g/mol. The predicted molar refractivity (Wildman–Crippen MR) is 117 cm³/mol. The Morgan fingerprint density at radius 3 is 2.58 bits per heavy atom. The molecule has 1 aliphatic heterocycles. The van der Waals surface area contributed by atoms with E-state index in [1.54, 1.807) is 6.55 Å². The van der Waals surface area contributed by atoms with Gasteiger partial charge in [-0.2, -0.15) is 18.3 Å². The molecule has 1 aliphatic rings. The van der Waals surface area contributed by atoms with E-state index in [4.69, 9.17) is 0 Å². The van der Waals surface area contributed by atoms with Crippen molar-refractivity contribution in [1.29, 1.82) is 5.26 Å². The van der Waals surface area contributed by atoms with E-state index in [0.29, 0.717) is 30.0 Å². The van der Waals surface area contributed by atoms with Crippen LogP contribution in [0.15, 0.2) is 35.5 Å². The van der Waals surface area contributed by atoms with E-state index >= 15 is 0 Å². The maximum absolute atomic E-state index is 13.1. The molecule has 1 aromatic heterocycles. The monoisotopic (exact) mass is 494 g/mol. The molecular weight excluding hydrogens is 472 g/mol. The number of alkyl halides is 2. The number of carbonyl (C=O) groups excluding carboxylic acids is 1. The molecule has 1 fully saturated rings. The van der Waals surface area contributed by atoms with Gasteiger partial charge in [0.05, 0.1) is 34.8 Å². The molecule has 2 heterocycles. The van der Waals surface area contributed by atoms with Crippen molar-refractivity contribution in [2.75, 3.05) is 18.4 Å². The van der Waals surface area contributed by atoms with Crippen molar-refractivity contribution in [3.05, 3.63) is 41.7 Å². The fourth-order valence-electron chi connectivity index (χ4n) is 3.45. The summed E-state index contributed by atoms with van der Waals surface area (Å²) in [4.78, 5) is 19.0. The third-order valence-corrected chi connectivity index (χ3v) is 8.38. The number of halogens is 2. The third kappa shape index (κ3) is 6.31. The van der Waals surface area contributed by atoms with E-state index in [1.165, 1.54) is 22.5 Å². The summed E-state index contributed by atoms with van der Waals surface area (Å²) in [5, 5.41) is 12.4. The lowest BCUT2D eigenvalue weighted by Gasteiger charge is -2.31. The largest absolute Gasteiger partial charge is 0.432 e. The van der Waals surface area contributed by atoms with Crippen LogP contribution in [0.2, 0.25) is 6.55 Å². The SMILES string of the molecule is C[Si](C=O)Cc1cc(S(=O)(=O)N2CCC(Nc3ncc(OC(F)F)cn3)CC2)ccc1C#N. The summed E-state index contributed by atoms with van der Waals surface area (Å²) in [6.07, 6.45) is 3.26. The molecular formula is C20H22F2N5O4SSi. The molecule has 0 atom stereocenters. The van der Waals surface area contributed by atoms with E-state index in [-0.39, 0.29) is 35.7 Å². The number of hydrogen-bond acceptors (Lipinski definition) is 8. The molecule has 1 saturated heterocycles. The zero-order valence-corrected chi connectivity index (χ0v) is 19.6. The zero-order valence-electron chi connectivity index (χ0n) is 17.7. The molecule has 1 aromatic carbocycles. The van der Waals surface area contributed by atoms with Gasteiger partial charge in [-0.15, -0.1) is 0 Å². The number of nitriles is 1. The molecule has 0 saturated carbocycles. The number of ether oxygens (including phenoxy) is 1. The summed E-state index contributed by atoms with van der Waals surface area (Å²) < 4.78 is 56.3. The van der Waals surface area contributed by atoms with Crippen LogP contribution >= 0.6 is 0 Å². The van der Waals surface area contributed by atoms with Gasteiger partial charge < -0.3 is 14.8 Å². The van der Waals surface area contributed by atoms with E-state index in [0.717, 1.165) is 18.3 Å². The van der Waals surface area contributed by atoms with Crippen molar-refractivity contribution in [3.63, 3.8) is 0 Å². The first-order valence-corrected chi connectivity index (χ1v) is 13.8. The lowest BCUT2D eigenvalue weighted by molar-refractivity contribution is -0.0503. The van der Waals surface area contributed by atoms with E-state index in [2.05, 4.69) is 26.1 Å². The number of nitrogens with zero attached hydrogens (tertiary/aromatic N) is 4. The summed E-state index contributed by atoms with van der Waals surface area (Å²) in [5.74, 6) is 0.957. The van der Waals surface area contributed by atoms with Crippen molar-refractivity contribution >= 4 is 30.7 Å². The summed E-state index contributed by atoms with van der Waals surface area (Å²) in [7, 11) is -5.11. The number of nitrogens with one attached hydrogen (secondary N) is 1. The molecule has 33 heavy (non-hydrogen) atoms. The maximum atomic E-state index is 13.1. The number of carbonyl (C=O) groups is 1. The molecule has 0 amide bonds. The summed E-state index contributed by atoms with van der Waals surface area (Å²) in [6.45, 7) is -0.625. The minimum Gasteiger partial charge on any atom is -0.432 e. The van der Waals surface area contributed by atoms with Crippen molar-refractivity contribution in [1.82, 2.24) is 14.3 Å². The third-order valence-electron chi connectivity index (χ3n) is 5.15. The van der Waals surface area contributed by atoms with Crippen LogP contribution < -0.4 is 10.1 Å². The fraction of sp³-hybridized carbons (Fsp3) is 0.400. The van der Waals surface area contributed by atoms with Gasteiger partial charge in [0, 0.05) is 19.1 Å². The molecule has 0 bridgehead atoms. The van der Waals surface area contributed by atoms with Crippen LogP contribution in [0.1, 0.15) is 24.0 Å². The number of rotatable bonds is 9. The van der Waals surface area contributed by atoms with E-state index < -0.39 is 25.4 Å². The van der Waals surface area contributed by atoms with Crippen LogP contribution in [-0.2, 0) is 20.9 Å². The van der Waals surface area contributed by atoms with Crippen molar-refractivity contribution < 1.29 is 26.7 Å². The van der Waals surface area contributed by atoms with Crippen LogP contribution in [-0.4, -0.2) is 63.1 Å². The normalized spacial score (nSPS) is 15.4. The Kier molecular flexibility index (Phi) is 8.06. The second-order valence-corrected chi connectivity index (χ2v) is 11.7. The average Bonchev–Trinajstić information content (AvgIpc) is 2.80. The van der Waals surface area contributed by atoms with Gasteiger partial charge in [0.15, 0.2) is 5.75 Å². The Morgan fingerprint density at radius 2 is 2.00 bits per heavy atom. The summed E-state index contributed by atoms with van der Waals surface area (Å²) >= 11 is 0. The van der Waals surface area contributed by atoms with Gasteiger partial charge in [0.2, 0.25) is 16.0 Å². The quantitative estimate of drug-likeness (QED) is 0.415. The number of benzene rings is 1. The van der Waals surface area contributed by atoms with E-state index in [1.807, 2.05) is 0 Å². The molecule has 0 aliphatic carbocycles. The lowest BCUT2D eigenvalue weighted by Crippen LogP contribution is -2.42. The number of sulfonamides is 1. The van der Waals surface area contributed by atoms with Crippen molar-refractivity contribution in [3.8, 4) is 11.8 Å². The van der Waals surface area contributed by atoms with Crippen LogP contribution in [0.3, 0.4) is 0 Å². The first-order chi connectivity index (χ1) is 15.7. The van der Waals surface area contributed by atoms with Gasteiger partial charge in [-0.25, -0.2) is 18.4 Å². The standard InChI is InChI=1S/C20H22F2N5O4SSi/c1-33(13-28)12-15-8-18(3-2-14(15)9-23)32(29,30)27-6-4-16(5-7-27)26-20-24-10-17(11-25-20)31-19(21)22/h2-3,8,10-11,13,16,19H,4-7,12H2,1H3,(H,24,25,26). The molecule has 13 heteroatoms. The highest BCUT2D eigenvalue weighted by Crippen LogP contribution is 2.24. The molecule has 175 valence electrons. The Bertz CT molecular complexity index is 1120. The maximum Gasteiger partial charge on any atom is 0.387 e. The summed E-state index contributed by atoms with van der Waals surface area (Å²) in [6, 6.07) is 6.74. The molecule has 1 radical (unpaired) electrons. The fourth-order valence-corrected chi connectivity index (χ4v) is 5.95. The number of hydrogen-bond donors (Lipinski definition) is 1. The Hall–Kier alpha value is -2.95. The van der Waals surface area contributed by atoms with Crippen LogP contribution in [0.4, 0.5) is 14.7 Å². The topological polar surface area (TPSA) is 125 Å². The molecule has 0 unspecified atom stereocenters. The Morgan fingerprint density at radius 1 is 1.33 bits per heavy atom. The van der Waals surface area contributed by atoms with E-state index in [9.17, 15) is 27.3 Å². The van der Waals surface area contributed by atoms with Gasteiger partial charge in [-0.1, -0.05) is 6.55 Å². The lowest BCUT2D eigenvalue weighted by atomic mass is 10.1. The van der Waals surface area contributed by atoms with Gasteiger partial charge >= 0.3 is 6.61 Å². The zero-order chi connectivity index (χ0) is 24.0. The number of aromatic nitrogens is 2. The predicted octanol–water partition coefficient (Wildman–Crippen LogP) is 2.19. The number of anilines is 1. The smallest absolute Gasteiger partial charge is 0.387 e. The first-order valence-electron chi connectivity index (χ1n) is 10.1. The second-order valence-electron chi connectivity index (χ2n) is 7.52. The molecule has 1 N–H and O–H groups in total. The summed E-state index contributed by atoms with van der Waals surface area (Å²) in [5.41, 5.74) is 0.933. The van der Waals surface area contributed by atoms with Crippen LogP contribution in [0, 0.1) is 11.3 Å². The molecule has 9 nitrogen and oxygen atoms in total. The number of piperidine rings is 1. The second kappa shape index (κ2) is 10.8.